The van der Waals surface area contributed by atoms with Crippen LogP contribution in [0.3, 0.4) is 0 Å². The lowest BCUT2D eigenvalue weighted by Crippen LogP contribution is -2.18. The van der Waals surface area contributed by atoms with Gasteiger partial charge in [0, 0.05) is 5.56 Å². The summed E-state index contributed by atoms with van der Waals surface area (Å²) in [5.41, 5.74) is 5.94. The van der Waals surface area contributed by atoms with E-state index in [1.807, 2.05) is 24.3 Å². The maximum absolute atomic E-state index is 12.1. The van der Waals surface area contributed by atoms with Crippen molar-refractivity contribution in [1.29, 1.82) is 0 Å². The van der Waals surface area contributed by atoms with E-state index in [0.29, 0.717) is 5.56 Å². The Morgan fingerprint density at radius 1 is 0.842 bits per heavy atom. The van der Waals surface area contributed by atoms with Crippen molar-refractivity contribution < 1.29 is 9.59 Å². The molecule has 0 saturated carbocycles. The summed E-state index contributed by atoms with van der Waals surface area (Å²) in [4.78, 5) is 23.7. The molecule has 2 aliphatic rings. The van der Waals surface area contributed by atoms with Gasteiger partial charge in [-0.25, -0.2) is 0 Å². The number of hydrogen-bond donors (Lipinski definition) is 0. The van der Waals surface area contributed by atoms with Crippen LogP contribution in [0.4, 0.5) is 0 Å². The third-order valence-corrected chi connectivity index (χ3v) is 3.89. The first-order valence-electron chi connectivity index (χ1n) is 6.26. The number of carbonyl (C=O) groups is 2. The first-order valence-corrected chi connectivity index (χ1v) is 6.26. The molecule has 19 heavy (non-hydrogen) atoms. The van der Waals surface area contributed by atoms with Gasteiger partial charge in [-0.2, -0.15) is 0 Å². The lowest BCUT2D eigenvalue weighted by atomic mass is 9.88. The number of fused-ring (bicyclic) bond motifs is 5. The van der Waals surface area contributed by atoms with E-state index in [1.165, 1.54) is 17.2 Å². The third kappa shape index (κ3) is 1.31. The molecule has 2 aromatic carbocycles. The monoisotopic (exact) mass is 246 g/mol. The van der Waals surface area contributed by atoms with E-state index in [1.54, 1.807) is 6.08 Å². The Morgan fingerprint density at radius 2 is 1.68 bits per heavy atom. The van der Waals surface area contributed by atoms with Crippen molar-refractivity contribution in [1.82, 2.24) is 0 Å². The highest BCUT2D eigenvalue weighted by Gasteiger charge is 2.29. The van der Waals surface area contributed by atoms with Crippen molar-refractivity contribution in [3.63, 3.8) is 0 Å². The summed E-state index contributed by atoms with van der Waals surface area (Å²) in [7, 11) is 0. The summed E-state index contributed by atoms with van der Waals surface area (Å²) >= 11 is 0. The normalized spacial score (nSPS) is 15.2. The smallest absolute Gasteiger partial charge is 0.233 e. The molecule has 0 N–H and O–H groups in total. The van der Waals surface area contributed by atoms with Crippen LogP contribution in [0.15, 0.2) is 42.5 Å². The Labute approximate surface area is 110 Å². The van der Waals surface area contributed by atoms with Gasteiger partial charge in [0.15, 0.2) is 0 Å². The molecule has 0 amide bonds. The van der Waals surface area contributed by atoms with Crippen molar-refractivity contribution in [3.05, 3.63) is 64.7 Å². The van der Waals surface area contributed by atoms with Crippen molar-refractivity contribution in [2.45, 2.75) is 6.42 Å². The zero-order chi connectivity index (χ0) is 13.0. The molecular formula is C17H10O2. The van der Waals surface area contributed by atoms with E-state index >= 15 is 0 Å². The molecule has 0 heterocycles. The van der Waals surface area contributed by atoms with Crippen molar-refractivity contribution in [2.24, 2.45) is 0 Å². The second kappa shape index (κ2) is 3.51. The van der Waals surface area contributed by atoms with Crippen LogP contribution in [0.25, 0.3) is 17.2 Å². The van der Waals surface area contributed by atoms with Crippen molar-refractivity contribution in [3.8, 4) is 11.1 Å². The molecule has 2 aliphatic carbocycles. The summed E-state index contributed by atoms with van der Waals surface area (Å²) in [5.74, 6) is -0.793. The average molecular weight is 246 g/mol. The molecule has 2 heteroatoms. The van der Waals surface area contributed by atoms with E-state index in [4.69, 9.17) is 0 Å². The Morgan fingerprint density at radius 3 is 2.58 bits per heavy atom. The van der Waals surface area contributed by atoms with Crippen LogP contribution >= 0.6 is 0 Å². The van der Waals surface area contributed by atoms with E-state index in [0.717, 1.165) is 23.1 Å². The van der Waals surface area contributed by atoms with Gasteiger partial charge in [0.05, 0.1) is 0 Å². The highest BCUT2D eigenvalue weighted by atomic mass is 16.2. The fourth-order valence-corrected chi connectivity index (χ4v) is 3.00. The lowest BCUT2D eigenvalue weighted by Gasteiger charge is -2.13. The molecule has 90 valence electrons. The summed E-state index contributed by atoms with van der Waals surface area (Å²) in [6.45, 7) is 0. The molecule has 0 aromatic heterocycles. The van der Waals surface area contributed by atoms with Crippen LogP contribution in [0, 0.1) is 0 Å². The maximum Gasteiger partial charge on any atom is 0.233 e. The molecule has 0 aliphatic heterocycles. The minimum Gasteiger partial charge on any atom is -0.286 e. The molecule has 0 atom stereocenters. The van der Waals surface area contributed by atoms with Gasteiger partial charge in [-0.3, -0.25) is 9.59 Å². The van der Waals surface area contributed by atoms with Crippen molar-refractivity contribution in [2.75, 3.05) is 0 Å². The maximum atomic E-state index is 12.1. The minimum absolute atomic E-state index is 0.373. The van der Waals surface area contributed by atoms with Crippen LogP contribution in [0.1, 0.15) is 27.0 Å². The molecule has 2 nitrogen and oxygen atoms in total. The topological polar surface area (TPSA) is 34.1 Å². The number of carbonyl (C=O) groups excluding carboxylic acids is 2. The Balaban J connectivity index is 2.04. The molecule has 0 unspecified atom stereocenters. The highest BCUT2D eigenvalue weighted by molar-refractivity contribution is 6.50. The summed E-state index contributed by atoms with van der Waals surface area (Å²) in [6.07, 6.45) is 3.84. The molecule has 0 spiro atoms. The minimum atomic E-state index is -0.420. The van der Waals surface area contributed by atoms with E-state index in [-0.39, 0.29) is 5.78 Å². The second-order valence-corrected chi connectivity index (χ2v) is 4.92. The average Bonchev–Trinajstić information content (AvgIpc) is 2.81. The van der Waals surface area contributed by atoms with Gasteiger partial charge in [-0.05, 0) is 40.3 Å². The van der Waals surface area contributed by atoms with Gasteiger partial charge in [0.1, 0.15) is 0 Å². The zero-order valence-electron chi connectivity index (χ0n) is 10.1. The van der Waals surface area contributed by atoms with E-state index in [2.05, 4.69) is 12.1 Å². The number of allylic oxidation sites excluding steroid dienone is 1. The van der Waals surface area contributed by atoms with Crippen LogP contribution in [0.2, 0.25) is 0 Å². The molecular weight excluding hydrogens is 236 g/mol. The van der Waals surface area contributed by atoms with Crippen LogP contribution < -0.4 is 0 Å². The molecule has 0 bridgehead atoms. The van der Waals surface area contributed by atoms with E-state index < -0.39 is 5.78 Å². The molecule has 2 aromatic rings. The molecule has 4 rings (SSSR count). The Bertz CT molecular complexity index is 782. The number of Topliss-reactive ketones (excluding diaryl/α,β-unsaturated/α-hetero) is 1. The summed E-state index contributed by atoms with van der Waals surface area (Å²) < 4.78 is 0. The molecule has 0 saturated heterocycles. The SMILES string of the molecule is O=C1C=Cc2ccc3c(c2C1=O)Cc1ccccc1-3. The fraction of sp³-hybridized carbons (Fsp3) is 0.0588. The first kappa shape index (κ1) is 10.4. The Kier molecular flexibility index (Phi) is 1.93. The second-order valence-electron chi connectivity index (χ2n) is 4.92. The van der Waals surface area contributed by atoms with Gasteiger partial charge in [0.25, 0.3) is 0 Å². The largest absolute Gasteiger partial charge is 0.286 e. The number of hydrogen-bond acceptors (Lipinski definition) is 2. The summed E-state index contributed by atoms with van der Waals surface area (Å²) in [6, 6.07) is 12.1. The van der Waals surface area contributed by atoms with Crippen LogP contribution in [0.5, 0.6) is 0 Å². The summed E-state index contributed by atoms with van der Waals surface area (Å²) in [5, 5.41) is 0. The lowest BCUT2D eigenvalue weighted by molar-refractivity contribution is -0.110. The van der Waals surface area contributed by atoms with Gasteiger partial charge >= 0.3 is 0 Å². The third-order valence-electron chi connectivity index (χ3n) is 3.89. The number of benzene rings is 2. The van der Waals surface area contributed by atoms with Crippen LogP contribution in [-0.2, 0) is 11.2 Å². The number of ketones is 2. The fourth-order valence-electron chi connectivity index (χ4n) is 3.00. The van der Waals surface area contributed by atoms with Crippen LogP contribution in [-0.4, -0.2) is 11.6 Å². The quantitative estimate of drug-likeness (QED) is 0.571. The van der Waals surface area contributed by atoms with Crippen molar-refractivity contribution >= 4 is 17.6 Å². The Hall–Kier alpha value is -2.48. The van der Waals surface area contributed by atoms with Gasteiger partial charge < -0.3 is 0 Å². The standard InChI is InChI=1S/C17H10O2/c18-15-8-6-10-5-7-13-12-4-2-1-3-11(12)9-14(13)16(10)17(15)19/h1-8H,9H2. The highest BCUT2D eigenvalue weighted by Crippen LogP contribution is 2.40. The molecule has 0 fully saturated rings. The van der Waals surface area contributed by atoms with Gasteiger partial charge in [0.2, 0.25) is 11.6 Å². The van der Waals surface area contributed by atoms with Gasteiger partial charge in [-0.1, -0.05) is 42.5 Å². The number of rotatable bonds is 0. The zero-order valence-corrected chi connectivity index (χ0v) is 10.1. The molecule has 0 radical (unpaired) electrons. The van der Waals surface area contributed by atoms with Gasteiger partial charge in [-0.15, -0.1) is 0 Å². The first-order chi connectivity index (χ1) is 9.25. The predicted octanol–water partition coefficient (Wildman–Crippen LogP) is 3.04. The predicted molar refractivity (Wildman–Crippen MR) is 73.1 cm³/mol. The van der Waals surface area contributed by atoms with E-state index in [9.17, 15) is 9.59 Å².